The van der Waals surface area contributed by atoms with Crippen molar-refractivity contribution in [1.29, 1.82) is 26.3 Å². The molecule has 0 aliphatic carbocycles. The second kappa shape index (κ2) is 34.1. The van der Waals surface area contributed by atoms with Crippen LogP contribution >= 0.6 is 94.2 Å². The molecule has 0 unspecified atom stereocenters. The molecule has 5 aromatic rings. The number of hydrogen-bond acceptors (Lipinski definition) is 19. The molecule has 6 rings (SSSR count). The van der Waals surface area contributed by atoms with E-state index in [1.165, 1.54) is 25.3 Å². The molecule has 6 heterocycles. The highest BCUT2D eigenvalue weighted by atomic mass is 79.9. The van der Waals surface area contributed by atoms with Gasteiger partial charge in [0.1, 0.15) is 71.2 Å². The number of aromatic nitrogens is 10. The first kappa shape index (κ1) is 67.2. The maximum absolute atomic E-state index is 12.2. The highest BCUT2D eigenvalue weighted by molar-refractivity contribution is 9.11. The van der Waals surface area contributed by atoms with Crippen LogP contribution in [0, 0.1) is 56.7 Å². The van der Waals surface area contributed by atoms with Gasteiger partial charge in [-0.1, -0.05) is 81.0 Å². The lowest BCUT2D eigenvalue weighted by Gasteiger charge is -2.37. The van der Waals surface area contributed by atoms with Gasteiger partial charge in [0.15, 0.2) is 0 Å². The van der Waals surface area contributed by atoms with E-state index in [2.05, 4.69) is 121 Å². The number of hydrogen-bond donors (Lipinski definition) is 2. The van der Waals surface area contributed by atoms with Crippen LogP contribution in [0.2, 0.25) is 20.6 Å². The summed E-state index contributed by atoms with van der Waals surface area (Å²) >= 11 is 33.7. The van der Waals surface area contributed by atoms with Gasteiger partial charge in [-0.05, 0) is 80.4 Å². The van der Waals surface area contributed by atoms with Gasteiger partial charge in [0.05, 0.1) is 42.2 Å². The minimum atomic E-state index is -0.506. The fraction of sp³-hybridized carbons (Fsp3) is 0.469. The van der Waals surface area contributed by atoms with E-state index in [9.17, 15) is 14.7 Å². The van der Waals surface area contributed by atoms with Crippen molar-refractivity contribution < 1.29 is 14.6 Å². The molecule has 2 N–H and O–H groups in total. The van der Waals surface area contributed by atoms with Gasteiger partial charge in [-0.2, -0.15) is 26.3 Å². The summed E-state index contributed by atoms with van der Waals surface area (Å²) in [5.74, 6) is 0.229. The number of nitrogens with zero attached hydrogens (tertiary/aromatic N) is 16. The van der Waals surface area contributed by atoms with Crippen LogP contribution in [0.1, 0.15) is 145 Å². The Labute approximate surface area is 492 Å². The van der Waals surface area contributed by atoms with Crippen LogP contribution in [0.4, 0.5) is 10.6 Å². The number of ether oxygens (including phenoxy) is 1. The molecule has 1 aliphatic rings. The number of carbonyl (C=O) groups excluding carboxylic acids is 1. The van der Waals surface area contributed by atoms with Gasteiger partial charge in [-0.25, -0.2) is 49.7 Å². The molecule has 1 amide bonds. The first-order valence-electron chi connectivity index (χ1n) is 23.2. The molecule has 0 saturated carbocycles. The largest absolute Gasteiger partial charge is 0.493 e. The van der Waals surface area contributed by atoms with Crippen LogP contribution in [0.3, 0.4) is 0 Å². The zero-order valence-corrected chi connectivity index (χ0v) is 50.9. The highest BCUT2D eigenvalue weighted by Crippen LogP contribution is 2.35. The zero-order chi connectivity index (χ0) is 58.0. The number of H-pyrrole nitrogens is 1. The van der Waals surface area contributed by atoms with Crippen LogP contribution in [-0.2, 0) is 4.74 Å². The number of amides is 1. The molecular formula is C49H54Br3Cl4N17O4. The normalized spacial score (nSPS) is 13.5. The molecule has 0 bridgehead atoms. The Morgan fingerprint density at radius 2 is 0.935 bits per heavy atom. The van der Waals surface area contributed by atoms with E-state index in [-0.39, 0.29) is 53.5 Å². The van der Waals surface area contributed by atoms with Gasteiger partial charge >= 0.3 is 6.09 Å². The van der Waals surface area contributed by atoms with E-state index in [0.717, 1.165) is 38.0 Å². The zero-order valence-electron chi connectivity index (χ0n) is 43.1. The van der Waals surface area contributed by atoms with Gasteiger partial charge in [-0.15, -0.1) is 0 Å². The number of rotatable bonds is 11. The molecule has 77 heavy (non-hydrogen) atoms. The van der Waals surface area contributed by atoms with E-state index in [4.69, 9.17) is 77.5 Å². The summed E-state index contributed by atoms with van der Waals surface area (Å²) in [5, 5.41) is 53.7. The molecule has 1 fully saturated rings. The maximum Gasteiger partial charge on any atom is 0.410 e. The molecule has 5 atom stereocenters. The molecule has 0 aromatic carbocycles. The smallest absolute Gasteiger partial charge is 0.410 e. The Balaban J connectivity index is 0.000000341. The van der Waals surface area contributed by atoms with Gasteiger partial charge < -0.3 is 24.6 Å². The molecule has 0 spiro atoms. The summed E-state index contributed by atoms with van der Waals surface area (Å²) in [5.41, 5.74) is 2.45. The lowest BCUT2D eigenvalue weighted by molar-refractivity contribution is 0.0240. The van der Waals surface area contributed by atoms with Gasteiger partial charge in [-0.3, -0.25) is 4.79 Å². The van der Waals surface area contributed by atoms with Crippen LogP contribution in [0.25, 0.3) is 0 Å². The number of nitriles is 5. The topological polar surface area (TPSA) is 321 Å². The third-order valence-corrected chi connectivity index (χ3v) is 13.8. The fourth-order valence-corrected chi connectivity index (χ4v) is 10.5. The van der Waals surface area contributed by atoms with Gasteiger partial charge in [0.25, 0.3) is 5.56 Å². The first-order valence-corrected chi connectivity index (χ1v) is 27.1. The van der Waals surface area contributed by atoms with Crippen molar-refractivity contribution in [3.8, 4) is 36.2 Å². The minimum Gasteiger partial charge on any atom is -0.493 e. The SMILES string of the molecule is C[C@H](CC#N)c1c(Br)ncnc1Br.C[C@H](CC#N)c1c(Cl)ncnc1Br.C[C@H](CC#N)c1c(Cl)ncnc1Cl.C[C@H](CC#N)c1c(Cl)ncnc1N1CCN(C(=O)OC(C)(C)C)CC1.C[C@H](CC#N)c1c(O)nc[nH]c1=O. The third-order valence-electron chi connectivity index (χ3n) is 10.7. The van der Waals surface area contributed by atoms with Crippen LogP contribution in [-0.4, -0.2) is 97.7 Å². The number of aromatic hydroxyl groups is 1. The van der Waals surface area contributed by atoms with Crippen molar-refractivity contribution in [2.45, 2.75) is 123 Å². The van der Waals surface area contributed by atoms with Gasteiger partial charge in [0.2, 0.25) is 5.88 Å². The maximum atomic E-state index is 12.2. The van der Waals surface area contributed by atoms with Crippen LogP contribution in [0.15, 0.2) is 50.2 Å². The molecule has 5 aromatic heterocycles. The average molecular weight is 1330 g/mol. The quantitative estimate of drug-likeness (QED) is 0.116. The third kappa shape index (κ3) is 21.8. The van der Waals surface area contributed by atoms with E-state index in [1.807, 2.05) is 60.6 Å². The minimum absolute atomic E-state index is 0.0359. The summed E-state index contributed by atoms with van der Waals surface area (Å²) in [4.78, 5) is 64.9. The molecule has 0 radical (unpaired) electrons. The van der Waals surface area contributed by atoms with Gasteiger partial charge in [0, 0.05) is 98.3 Å². The molecule has 21 nitrogen and oxygen atoms in total. The predicted octanol–water partition coefficient (Wildman–Crippen LogP) is 12.4. The molecule has 408 valence electrons. The van der Waals surface area contributed by atoms with Crippen molar-refractivity contribution in [3.05, 3.63) is 104 Å². The number of aromatic amines is 1. The Morgan fingerprint density at radius 1 is 0.584 bits per heavy atom. The number of halogens is 7. The molecule has 1 saturated heterocycles. The standard InChI is InChI=1S/C17H24ClN5O2.C8H7Br2N3.C8H7BrClN3.C8H7Cl2N3.C8H9N3O2/c1-12(5-6-19)13-14(18)20-11-21-15(13)22-7-9-23(10-8-22)16(24)25-17(2,3)4;3*1-5(2-3-11)6-7(9)12-4-13-8(6)10;1-5(2-3-9)6-7(12)10-4-11-8(6)13/h11-12H,5,7-10H2,1-4H3;3*4-5H,2H2,1H3;4-5H,2H2,1H3,(H2,10,11,12,13)/t12-;4*5-/m11111/s1. The lowest BCUT2D eigenvalue weighted by Crippen LogP contribution is -2.50. The van der Waals surface area contributed by atoms with Crippen molar-refractivity contribution in [2.24, 2.45) is 0 Å². The Morgan fingerprint density at radius 3 is 1.36 bits per heavy atom. The van der Waals surface area contributed by atoms with Crippen LogP contribution in [0.5, 0.6) is 5.88 Å². The Bertz CT molecular complexity index is 2800. The van der Waals surface area contributed by atoms with Crippen molar-refractivity contribution in [1.82, 2.24) is 54.7 Å². The second-order valence-electron chi connectivity index (χ2n) is 17.7. The van der Waals surface area contributed by atoms with E-state index >= 15 is 0 Å². The number of piperazine rings is 1. The van der Waals surface area contributed by atoms with Crippen molar-refractivity contribution >= 4 is 106 Å². The molecular weight excluding hydrogens is 1270 g/mol. The second-order valence-corrected chi connectivity index (χ2v) is 21.4. The number of carbonyl (C=O) groups is 1. The lowest BCUT2D eigenvalue weighted by atomic mass is 10.00. The average Bonchev–Trinajstić information content (AvgIpc) is 3.34. The Kier molecular flexibility index (Phi) is 29.8. The van der Waals surface area contributed by atoms with E-state index < -0.39 is 11.2 Å². The van der Waals surface area contributed by atoms with E-state index in [1.54, 1.807) is 11.8 Å². The summed E-state index contributed by atoms with van der Waals surface area (Å²) in [6, 6.07) is 10.3. The summed E-state index contributed by atoms with van der Waals surface area (Å²) in [7, 11) is 0. The Hall–Kier alpha value is -5.88. The summed E-state index contributed by atoms with van der Waals surface area (Å²) < 4.78 is 7.57. The molecule has 28 heteroatoms. The molecule has 1 aliphatic heterocycles. The summed E-state index contributed by atoms with van der Waals surface area (Å²) in [6.45, 7) is 17.3. The number of anilines is 1. The van der Waals surface area contributed by atoms with Crippen molar-refractivity contribution in [3.63, 3.8) is 0 Å². The monoisotopic (exact) mass is 1320 g/mol. The predicted molar refractivity (Wildman–Crippen MR) is 301 cm³/mol. The van der Waals surface area contributed by atoms with Crippen molar-refractivity contribution in [2.75, 3.05) is 31.1 Å². The van der Waals surface area contributed by atoms with Crippen LogP contribution < -0.4 is 10.5 Å². The highest BCUT2D eigenvalue weighted by Gasteiger charge is 2.29. The van der Waals surface area contributed by atoms with E-state index in [0.29, 0.717) is 82.6 Å². The summed E-state index contributed by atoms with van der Waals surface area (Å²) in [6.07, 6.45) is 8.16. The number of nitrogens with one attached hydrogen (secondary N) is 1. The fourth-order valence-electron chi connectivity index (χ4n) is 6.79. The first-order chi connectivity index (χ1) is 36.4.